The summed E-state index contributed by atoms with van der Waals surface area (Å²) < 4.78 is 6.13. The molecular weight excluding hydrogens is 679 g/mol. The molecule has 1 heterocycles. The molecule has 0 spiro atoms. The van der Waals surface area contributed by atoms with E-state index in [4.69, 9.17) is 4.42 Å². The van der Waals surface area contributed by atoms with Crippen molar-refractivity contribution in [1.82, 2.24) is 0 Å². The number of anilines is 3. The molecule has 0 saturated heterocycles. The minimum Gasteiger partial charge on any atom is -0.456 e. The zero-order valence-corrected chi connectivity index (χ0v) is 32.1. The average Bonchev–Trinajstić information content (AvgIpc) is 3.80. The summed E-state index contributed by atoms with van der Waals surface area (Å²) in [5.74, 6) is 0. The van der Waals surface area contributed by atoms with Crippen molar-refractivity contribution in [2.45, 2.75) is 38.5 Å². The molecule has 9 aromatic rings. The van der Waals surface area contributed by atoms with Crippen molar-refractivity contribution >= 4 is 39.0 Å². The topological polar surface area (TPSA) is 16.4 Å². The van der Waals surface area contributed by atoms with Crippen molar-refractivity contribution in [1.29, 1.82) is 0 Å². The minimum absolute atomic E-state index is 0.0378. The smallest absolute Gasteiger partial charge is 0.135 e. The Labute approximate surface area is 328 Å². The highest BCUT2D eigenvalue weighted by atomic mass is 16.3. The zero-order valence-electron chi connectivity index (χ0n) is 32.1. The molecule has 0 bridgehead atoms. The lowest BCUT2D eigenvalue weighted by atomic mass is 9.81. The highest BCUT2D eigenvalue weighted by Gasteiger charge is 2.37. The average molecular weight is 720 g/mol. The third-order valence-corrected chi connectivity index (χ3v) is 12.7. The molecule has 8 aromatic carbocycles. The molecule has 0 aliphatic heterocycles. The number of hydrogen-bond acceptors (Lipinski definition) is 2. The van der Waals surface area contributed by atoms with Gasteiger partial charge >= 0.3 is 0 Å². The third-order valence-electron chi connectivity index (χ3n) is 12.7. The first-order chi connectivity index (χ1) is 27.3. The van der Waals surface area contributed by atoms with Gasteiger partial charge in [0.1, 0.15) is 11.2 Å². The molecular formula is C54H41NO. The molecule has 2 aliphatic carbocycles. The lowest BCUT2D eigenvalue weighted by Crippen LogP contribution is -2.16. The molecule has 11 rings (SSSR count). The van der Waals surface area contributed by atoms with E-state index in [1.165, 1.54) is 66.8 Å². The second kappa shape index (κ2) is 11.9. The normalized spacial score (nSPS) is 14.4. The van der Waals surface area contributed by atoms with Crippen LogP contribution in [0.3, 0.4) is 0 Å². The van der Waals surface area contributed by atoms with E-state index in [-0.39, 0.29) is 10.8 Å². The molecule has 0 radical (unpaired) electrons. The molecule has 2 heteroatoms. The Morgan fingerprint density at radius 2 is 0.786 bits per heavy atom. The van der Waals surface area contributed by atoms with Crippen LogP contribution in [0.25, 0.3) is 66.4 Å². The molecule has 0 N–H and O–H groups in total. The molecule has 0 atom stereocenters. The molecule has 1 aromatic heterocycles. The summed E-state index contributed by atoms with van der Waals surface area (Å²) in [7, 11) is 0. The monoisotopic (exact) mass is 719 g/mol. The van der Waals surface area contributed by atoms with E-state index in [1.807, 2.05) is 12.1 Å². The van der Waals surface area contributed by atoms with Crippen molar-refractivity contribution in [3.63, 3.8) is 0 Å². The maximum atomic E-state index is 6.13. The van der Waals surface area contributed by atoms with E-state index in [9.17, 15) is 0 Å². The van der Waals surface area contributed by atoms with Crippen LogP contribution in [0.4, 0.5) is 17.1 Å². The Balaban J connectivity index is 0.994. The highest BCUT2D eigenvalue weighted by Crippen LogP contribution is 2.52. The van der Waals surface area contributed by atoms with Gasteiger partial charge in [0.2, 0.25) is 0 Å². The summed E-state index contributed by atoms with van der Waals surface area (Å²) in [5.41, 5.74) is 20.8. The van der Waals surface area contributed by atoms with Gasteiger partial charge in [0.25, 0.3) is 0 Å². The fraction of sp³-hybridized carbons (Fsp3) is 0.111. The summed E-state index contributed by atoms with van der Waals surface area (Å²) in [6.45, 7) is 9.40. The maximum Gasteiger partial charge on any atom is 0.135 e. The van der Waals surface area contributed by atoms with Crippen LogP contribution in [0.15, 0.2) is 180 Å². The molecule has 0 fully saturated rings. The van der Waals surface area contributed by atoms with Gasteiger partial charge in [0.15, 0.2) is 0 Å². The van der Waals surface area contributed by atoms with Crippen molar-refractivity contribution in [2.24, 2.45) is 0 Å². The Morgan fingerprint density at radius 1 is 0.339 bits per heavy atom. The summed E-state index contributed by atoms with van der Waals surface area (Å²) in [6, 6.07) is 64.7. The largest absolute Gasteiger partial charge is 0.456 e. The van der Waals surface area contributed by atoms with Crippen LogP contribution in [0.5, 0.6) is 0 Å². The fourth-order valence-corrected chi connectivity index (χ4v) is 9.67. The van der Waals surface area contributed by atoms with Gasteiger partial charge in [0, 0.05) is 38.7 Å². The number of para-hydroxylation sites is 1. The number of furan rings is 1. The van der Waals surface area contributed by atoms with Crippen molar-refractivity contribution in [3.8, 4) is 44.5 Å². The van der Waals surface area contributed by atoms with Crippen LogP contribution < -0.4 is 4.90 Å². The number of fused-ring (bicyclic) bond motifs is 9. The molecule has 2 aliphatic rings. The summed E-state index contributed by atoms with van der Waals surface area (Å²) in [5, 5.41) is 2.29. The molecule has 268 valence electrons. The van der Waals surface area contributed by atoms with E-state index in [0.29, 0.717) is 0 Å². The summed E-state index contributed by atoms with van der Waals surface area (Å²) >= 11 is 0. The first kappa shape index (κ1) is 32.8. The van der Waals surface area contributed by atoms with Gasteiger partial charge in [0.05, 0.1) is 0 Å². The predicted octanol–water partition coefficient (Wildman–Crippen LogP) is 15.0. The van der Waals surface area contributed by atoms with Crippen LogP contribution in [0.2, 0.25) is 0 Å². The molecule has 2 nitrogen and oxygen atoms in total. The predicted molar refractivity (Wildman–Crippen MR) is 234 cm³/mol. The Kier molecular flexibility index (Phi) is 6.98. The van der Waals surface area contributed by atoms with E-state index in [0.717, 1.165) is 39.0 Å². The van der Waals surface area contributed by atoms with Gasteiger partial charge in [-0.15, -0.1) is 0 Å². The molecule has 0 amide bonds. The van der Waals surface area contributed by atoms with Gasteiger partial charge in [-0.2, -0.15) is 0 Å². The summed E-state index contributed by atoms with van der Waals surface area (Å²) in [4.78, 5) is 2.40. The quantitative estimate of drug-likeness (QED) is 0.176. The lowest BCUT2D eigenvalue weighted by Gasteiger charge is -2.28. The van der Waals surface area contributed by atoms with Crippen LogP contribution in [0, 0.1) is 0 Å². The second-order valence-electron chi connectivity index (χ2n) is 16.6. The number of benzene rings is 8. The number of nitrogens with zero attached hydrogens (tertiary/aromatic N) is 1. The first-order valence-electron chi connectivity index (χ1n) is 19.7. The van der Waals surface area contributed by atoms with Crippen LogP contribution in [-0.4, -0.2) is 0 Å². The molecule has 0 saturated carbocycles. The van der Waals surface area contributed by atoms with Gasteiger partial charge in [-0.1, -0.05) is 143 Å². The maximum absolute atomic E-state index is 6.13. The highest BCUT2D eigenvalue weighted by molar-refractivity contribution is 6.06. The molecule has 0 unspecified atom stereocenters. The van der Waals surface area contributed by atoms with Crippen LogP contribution in [0.1, 0.15) is 49.9 Å². The van der Waals surface area contributed by atoms with Crippen molar-refractivity contribution < 1.29 is 4.42 Å². The number of rotatable bonds is 5. The van der Waals surface area contributed by atoms with E-state index in [1.54, 1.807) is 0 Å². The minimum atomic E-state index is -0.0990. The zero-order chi connectivity index (χ0) is 37.8. The van der Waals surface area contributed by atoms with Gasteiger partial charge < -0.3 is 9.32 Å². The van der Waals surface area contributed by atoms with E-state index < -0.39 is 0 Å². The van der Waals surface area contributed by atoms with Crippen LogP contribution >= 0.6 is 0 Å². The van der Waals surface area contributed by atoms with Crippen LogP contribution in [-0.2, 0) is 10.8 Å². The number of hydrogen-bond donors (Lipinski definition) is 0. The fourth-order valence-electron chi connectivity index (χ4n) is 9.67. The Hall–Kier alpha value is -6.64. The third kappa shape index (κ3) is 4.82. The van der Waals surface area contributed by atoms with Gasteiger partial charge in [-0.3, -0.25) is 0 Å². The molecule has 56 heavy (non-hydrogen) atoms. The summed E-state index contributed by atoms with van der Waals surface area (Å²) in [6.07, 6.45) is 0. The van der Waals surface area contributed by atoms with Gasteiger partial charge in [-0.05, 0) is 127 Å². The Morgan fingerprint density at radius 3 is 1.43 bits per heavy atom. The second-order valence-corrected chi connectivity index (χ2v) is 16.6. The SMILES string of the molecule is CC1(C)c2ccccc2-c2ccc(-c3ccc(N(c4ccc(-c5ccc6oc7ccccc7c6c5)cc4)c4ccc5c(c4)C(C)(C)c4ccccc4-5)cc3)cc21. The van der Waals surface area contributed by atoms with Crippen molar-refractivity contribution in [2.75, 3.05) is 4.90 Å². The van der Waals surface area contributed by atoms with E-state index >= 15 is 0 Å². The van der Waals surface area contributed by atoms with Gasteiger partial charge in [-0.25, -0.2) is 0 Å². The van der Waals surface area contributed by atoms with Crippen molar-refractivity contribution in [3.05, 3.63) is 198 Å². The first-order valence-corrected chi connectivity index (χ1v) is 19.7. The Bertz CT molecular complexity index is 3010. The lowest BCUT2D eigenvalue weighted by molar-refractivity contribution is 0.660. The standard InChI is InChI=1S/C54H41NO/c1-53(2)47-14-8-5-11-41(47)43-28-21-37(32-49(43)53)35-19-25-39(26-20-35)55(40-27-29-44-42-12-6-9-15-48(42)54(3,4)50(44)33-40)38-23-17-34(18-24-38)36-22-30-52-46(31-36)45-13-7-10-16-51(45)56-52/h5-33H,1-4H3. The van der Waals surface area contributed by atoms with E-state index in [2.05, 4.69) is 196 Å².